The molecule has 0 unspecified atom stereocenters. The standard InChI is InChI=1S/C15H22N2O3.ClH/c1-19-13-6-3-7-14(20-2)12(13)9-15(18)17-11-5-4-8-16-10-11;/h3,6-7,11,16H,4-5,8-10H2,1-2H3,(H,17,18);1H/t11-;/m0./s1. The van der Waals surface area contributed by atoms with Crippen molar-refractivity contribution in [3.05, 3.63) is 23.8 Å². The molecule has 1 aliphatic rings. The number of halogens is 1. The van der Waals surface area contributed by atoms with Crippen LogP contribution in [-0.4, -0.2) is 39.3 Å². The maximum Gasteiger partial charge on any atom is 0.224 e. The SMILES string of the molecule is COc1cccc(OC)c1CC(=O)N[C@H]1CCCNC1.Cl. The minimum Gasteiger partial charge on any atom is -0.496 e. The number of amides is 1. The molecule has 1 aromatic carbocycles. The van der Waals surface area contributed by atoms with Gasteiger partial charge in [0.1, 0.15) is 11.5 Å². The minimum absolute atomic E-state index is 0. The molecule has 1 amide bonds. The summed E-state index contributed by atoms with van der Waals surface area (Å²) in [5.41, 5.74) is 0.791. The number of ether oxygens (including phenoxy) is 2. The smallest absolute Gasteiger partial charge is 0.224 e. The van der Waals surface area contributed by atoms with E-state index >= 15 is 0 Å². The maximum atomic E-state index is 12.2. The van der Waals surface area contributed by atoms with Gasteiger partial charge >= 0.3 is 0 Å². The average molecular weight is 315 g/mol. The predicted octanol–water partition coefficient (Wildman–Crippen LogP) is 1.54. The number of benzene rings is 1. The second kappa shape index (κ2) is 8.74. The fourth-order valence-electron chi connectivity index (χ4n) is 2.52. The fraction of sp³-hybridized carbons (Fsp3) is 0.533. The van der Waals surface area contributed by atoms with Crippen LogP contribution < -0.4 is 20.1 Å². The molecule has 5 nitrogen and oxygen atoms in total. The molecule has 21 heavy (non-hydrogen) atoms. The molecule has 1 aliphatic heterocycles. The van der Waals surface area contributed by atoms with E-state index in [9.17, 15) is 4.79 Å². The van der Waals surface area contributed by atoms with Gasteiger partial charge in [0.15, 0.2) is 0 Å². The highest BCUT2D eigenvalue weighted by molar-refractivity contribution is 5.85. The Balaban J connectivity index is 0.00000220. The van der Waals surface area contributed by atoms with Crippen LogP contribution >= 0.6 is 12.4 Å². The van der Waals surface area contributed by atoms with Crippen LogP contribution in [0.25, 0.3) is 0 Å². The fourth-order valence-corrected chi connectivity index (χ4v) is 2.52. The molecule has 0 aromatic heterocycles. The van der Waals surface area contributed by atoms with Crippen molar-refractivity contribution in [3.8, 4) is 11.5 Å². The largest absolute Gasteiger partial charge is 0.496 e. The van der Waals surface area contributed by atoms with Gasteiger partial charge in [0.2, 0.25) is 5.91 Å². The Bertz CT molecular complexity index is 440. The first kappa shape index (κ1) is 17.6. The molecule has 6 heteroatoms. The molecule has 0 radical (unpaired) electrons. The van der Waals surface area contributed by atoms with Crippen LogP contribution in [0.15, 0.2) is 18.2 Å². The summed E-state index contributed by atoms with van der Waals surface area (Å²) in [6.07, 6.45) is 2.40. The summed E-state index contributed by atoms with van der Waals surface area (Å²) in [7, 11) is 3.20. The van der Waals surface area contributed by atoms with Gasteiger partial charge in [0.25, 0.3) is 0 Å². The first-order valence-electron chi connectivity index (χ1n) is 6.94. The van der Waals surface area contributed by atoms with Gasteiger partial charge in [0.05, 0.1) is 20.6 Å². The van der Waals surface area contributed by atoms with Gasteiger partial charge < -0.3 is 20.1 Å². The zero-order valence-corrected chi connectivity index (χ0v) is 13.3. The van der Waals surface area contributed by atoms with E-state index in [0.29, 0.717) is 11.5 Å². The van der Waals surface area contributed by atoms with Gasteiger partial charge in [-0.15, -0.1) is 12.4 Å². The minimum atomic E-state index is 0. The molecular weight excluding hydrogens is 292 g/mol. The summed E-state index contributed by atoms with van der Waals surface area (Å²) >= 11 is 0. The Kier molecular flexibility index (Phi) is 7.32. The number of methoxy groups -OCH3 is 2. The number of carbonyl (C=O) groups is 1. The maximum absolute atomic E-state index is 12.2. The van der Waals surface area contributed by atoms with E-state index in [1.54, 1.807) is 14.2 Å². The highest BCUT2D eigenvalue weighted by Crippen LogP contribution is 2.28. The first-order chi connectivity index (χ1) is 9.74. The van der Waals surface area contributed by atoms with Crippen LogP contribution in [0.5, 0.6) is 11.5 Å². The van der Waals surface area contributed by atoms with Crippen molar-refractivity contribution in [2.24, 2.45) is 0 Å². The Morgan fingerprint density at radius 1 is 1.33 bits per heavy atom. The molecule has 0 saturated carbocycles. The molecule has 1 heterocycles. The third-order valence-corrected chi connectivity index (χ3v) is 3.53. The van der Waals surface area contributed by atoms with Crippen LogP contribution in [0, 0.1) is 0 Å². The third-order valence-electron chi connectivity index (χ3n) is 3.53. The van der Waals surface area contributed by atoms with Gasteiger partial charge in [-0.1, -0.05) is 6.07 Å². The highest BCUT2D eigenvalue weighted by atomic mass is 35.5. The molecule has 1 aromatic rings. The van der Waals surface area contributed by atoms with Crippen molar-refractivity contribution in [2.45, 2.75) is 25.3 Å². The van der Waals surface area contributed by atoms with Crippen molar-refractivity contribution >= 4 is 18.3 Å². The van der Waals surface area contributed by atoms with Crippen LogP contribution in [-0.2, 0) is 11.2 Å². The number of carbonyl (C=O) groups excluding carboxylic acids is 1. The molecule has 2 N–H and O–H groups in total. The van der Waals surface area contributed by atoms with E-state index in [1.807, 2.05) is 18.2 Å². The second-order valence-electron chi connectivity index (χ2n) is 4.93. The van der Waals surface area contributed by atoms with Crippen molar-refractivity contribution in [2.75, 3.05) is 27.3 Å². The van der Waals surface area contributed by atoms with Crippen molar-refractivity contribution in [3.63, 3.8) is 0 Å². The summed E-state index contributed by atoms with van der Waals surface area (Å²) in [6.45, 7) is 1.88. The van der Waals surface area contributed by atoms with Crippen molar-refractivity contribution in [1.82, 2.24) is 10.6 Å². The number of hydrogen-bond donors (Lipinski definition) is 2. The Morgan fingerprint density at radius 2 is 2.00 bits per heavy atom. The van der Waals surface area contributed by atoms with Crippen molar-refractivity contribution in [1.29, 1.82) is 0 Å². The molecule has 1 fully saturated rings. The Hall–Kier alpha value is -1.46. The molecule has 1 atom stereocenters. The van der Waals surface area contributed by atoms with E-state index < -0.39 is 0 Å². The summed E-state index contributed by atoms with van der Waals surface area (Å²) in [5, 5.41) is 6.34. The van der Waals surface area contributed by atoms with Crippen LogP contribution in [0.1, 0.15) is 18.4 Å². The predicted molar refractivity (Wildman–Crippen MR) is 84.5 cm³/mol. The monoisotopic (exact) mass is 314 g/mol. The van der Waals surface area contributed by atoms with Gasteiger partial charge in [-0.2, -0.15) is 0 Å². The second-order valence-corrected chi connectivity index (χ2v) is 4.93. The van der Waals surface area contributed by atoms with Crippen LogP contribution in [0.2, 0.25) is 0 Å². The number of hydrogen-bond acceptors (Lipinski definition) is 4. The number of piperidine rings is 1. The summed E-state index contributed by atoms with van der Waals surface area (Å²) in [5.74, 6) is 1.36. The lowest BCUT2D eigenvalue weighted by atomic mass is 10.1. The van der Waals surface area contributed by atoms with E-state index in [0.717, 1.165) is 31.5 Å². The third kappa shape index (κ3) is 4.79. The molecule has 0 spiro atoms. The zero-order chi connectivity index (χ0) is 14.4. The Labute approximate surface area is 131 Å². The number of nitrogens with one attached hydrogen (secondary N) is 2. The summed E-state index contributed by atoms with van der Waals surface area (Å²) in [6, 6.07) is 5.75. The number of rotatable bonds is 5. The zero-order valence-electron chi connectivity index (χ0n) is 12.5. The molecule has 1 saturated heterocycles. The molecular formula is C15H23ClN2O3. The Morgan fingerprint density at radius 3 is 2.52 bits per heavy atom. The summed E-state index contributed by atoms with van der Waals surface area (Å²) in [4.78, 5) is 12.2. The van der Waals surface area contributed by atoms with E-state index in [4.69, 9.17) is 9.47 Å². The lowest BCUT2D eigenvalue weighted by Gasteiger charge is -2.24. The van der Waals surface area contributed by atoms with Gasteiger partial charge in [-0.05, 0) is 31.5 Å². The van der Waals surface area contributed by atoms with Gasteiger partial charge in [-0.3, -0.25) is 4.79 Å². The lowest BCUT2D eigenvalue weighted by Crippen LogP contribution is -2.46. The first-order valence-corrected chi connectivity index (χ1v) is 6.94. The molecule has 0 bridgehead atoms. The van der Waals surface area contributed by atoms with E-state index in [1.165, 1.54) is 0 Å². The normalized spacial score (nSPS) is 17.5. The lowest BCUT2D eigenvalue weighted by molar-refractivity contribution is -0.121. The molecule has 2 rings (SSSR count). The quantitative estimate of drug-likeness (QED) is 0.865. The molecule has 118 valence electrons. The highest BCUT2D eigenvalue weighted by Gasteiger charge is 2.18. The topological polar surface area (TPSA) is 59.6 Å². The van der Waals surface area contributed by atoms with Crippen molar-refractivity contribution < 1.29 is 14.3 Å². The van der Waals surface area contributed by atoms with E-state index in [2.05, 4.69) is 10.6 Å². The summed E-state index contributed by atoms with van der Waals surface area (Å²) < 4.78 is 10.6. The molecule has 0 aliphatic carbocycles. The van der Waals surface area contributed by atoms with Gasteiger partial charge in [0, 0.05) is 18.2 Å². The van der Waals surface area contributed by atoms with Crippen LogP contribution in [0.4, 0.5) is 0 Å². The van der Waals surface area contributed by atoms with E-state index in [-0.39, 0.29) is 30.8 Å². The van der Waals surface area contributed by atoms with Crippen LogP contribution in [0.3, 0.4) is 0 Å². The average Bonchev–Trinajstić information content (AvgIpc) is 2.48. The van der Waals surface area contributed by atoms with Gasteiger partial charge in [-0.25, -0.2) is 0 Å².